The van der Waals surface area contributed by atoms with Gasteiger partial charge in [0, 0.05) is 16.2 Å². The van der Waals surface area contributed by atoms with E-state index < -0.39 is 29.6 Å². The average molecular weight is 579 g/mol. The monoisotopic (exact) mass is 578 g/mol. The molecule has 3 amide bonds. The van der Waals surface area contributed by atoms with Crippen molar-refractivity contribution in [3.05, 3.63) is 45.3 Å². The summed E-state index contributed by atoms with van der Waals surface area (Å²) >= 11 is 4.10. The summed E-state index contributed by atoms with van der Waals surface area (Å²) in [6.07, 6.45) is 1.50. The molecule has 1 N–H and O–H groups in total. The summed E-state index contributed by atoms with van der Waals surface area (Å²) in [4.78, 5) is 50.2. The highest BCUT2D eigenvalue weighted by Crippen LogP contribution is 2.38. The third-order valence-corrected chi connectivity index (χ3v) is 6.57. The number of nitrogens with one attached hydrogen (secondary N) is 1. The van der Waals surface area contributed by atoms with Gasteiger partial charge in [0.25, 0.3) is 11.1 Å². The van der Waals surface area contributed by atoms with Crippen LogP contribution in [0.2, 0.25) is 0 Å². The van der Waals surface area contributed by atoms with Crippen LogP contribution in [0.15, 0.2) is 39.7 Å². The number of imide groups is 1. The van der Waals surface area contributed by atoms with E-state index in [1.807, 2.05) is 0 Å². The number of benzene rings is 2. The van der Waals surface area contributed by atoms with E-state index in [1.54, 1.807) is 30.3 Å². The van der Waals surface area contributed by atoms with Crippen LogP contribution >= 0.6 is 27.7 Å². The molecule has 0 aliphatic carbocycles. The molecule has 2 aliphatic rings. The van der Waals surface area contributed by atoms with Crippen LogP contribution in [0.1, 0.15) is 5.56 Å². The molecule has 2 aromatic rings. The first-order chi connectivity index (χ1) is 17.3. The number of rotatable bonds is 8. The molecule has 0 bridgehead atoms. The summed E-state index contributed by atoms with van der Waals surface area (Å²) < 4.78 is 26.3. The van der Waals surface area contributed by atoms with Crippen LogP contribution in [0.25, 0.3) is 6.08 Å². The third kappa shape index (κ3) is 5.57. The van der Waals surface area contributed by atoms with Crippen LogP contribution in [0.5, 0.6) is 23.0 Å². The summed E-state index contributed by atoms with van der Waals surface area (Å²) in [7, 11) is 2.67. The molecule has 1 fully saturated rings. The number of nitrogens with zero attached hydrogens (tertiary/aromatic N) is 1. The van der Waals surface area contributed by atoms with Crippen molar-refractivity contribution in [3.63, 3.8) is 0 Å². The fourth-order valence-electron chi connectivity index (χ4n) is 3.23. The summed E-state index contributed by atoms with van der Waals surface area (Å²) in [6, 6.07) is 8.02. The first kappa shape index (κ1) is 25.4. The third-order valence-electron chi connectivity index (χ3n) is 4.97. The fraction of sp³-hybridized carbons (Fsp3) is 0.217. The summed E-state index contributed by atoms with van der Waals surface area (Å²) in [5, 5.41) is 2.06. The van der Waals surface area contributed by atoms with E-state index in [9.17, 15) is 19.2 Å². The predicted molar refractivity (Wildman–Crippen MR) is 132 cm³/mol. The summed E-state index contributed by atoms with van der Waals surface area (Å²) in [5.41, 5.74) is 0.963. The average Bonchev–Trinajstić information content (AvgIpc) is 3.43. The van der Waals surface area contributed by atoms with Gasteiger partial charge in [0.05, 0.1) is 19.1 Å². The Morgan fingerprint density at radius 1 is 1.14 bits per heavy atom. The Bertz CT molecular complexity index is 1280. The van der Waals surface area contributed by atoms with Crippen molar-refractivity contribution in [1.29, 1.82) is 0 Å². The maximum absolute atomic E-state index is 12.9. The van der Waals surface area contributed by atoms with Crippen LogP contribution in [0, 0.1) is 0 Å². The van der Waals surface area contributed by atoms with E-state index in [0.717, 1.165) is 4.90 Å². The summed E-state index contributed by atoms with van der Waals surface area (Å²) in [6.45, 7) is -0.672. The number of ether oxygens (including phenoxy) is 5. The zero-order valence-electron chi connectivity index (χ0n) is 19.0. The first-order valence-corrected chi connectivity index (χ1v) is 11.9. The number of methoxy groups -OCH3 is 2. The van der Waals surface area contributed by atoms with E-state index >= 15 is 0 Å². The van der Waals surface area contributed by atoms with Crippen molar-refractivity contribution in [2.45, 2.75) is 0 Å². The topological polar surface area (TPSA) is 130 Å². The lowest BCUT2D eigenvalue weighted by atomic mass is 10.2. The molecule has 0 atom stereocenters. The number of carbonyl (C=O) groups excluding carboxylic acids is 4. The second-order valence-corrected chi connectivity index (χ2v) is 9.12. The Hall–Kier alpha value is -3.71. The van der Waals surface area contributed by atoms with E-state index in [-0.39, 0.29) is 24.1 Å². The Balaban J connectivity index is 1.45. The van der Waals surface area contributed by atoms with Crippen LogP contribution in [-0.4, -0.2) is 62.1 Å². The lowest BCUT2D eigenvalue weighted by Crippen LogP contribution is -2.36. The number of esters is 1. The number of anilines is 1. The number of hydrogen-bond acceptors (Lipinski definition) is 10. The second kappa shape index (κ2) is 10.9. The van der Waals surface area contributed by atoms with Crippen LogP contribution in [0.4, 0.5) is 10.5 Å². The fourth-order valence-corrected chi connectivity index (χ4v) is 4.49. The molecule has 2 aliphatic heterocycles. The highest BCUT2D eigenvalue weighted by Gasteiger charge is 2.36. The van der Waals surface area contributed by atoms with Gasteiger partial charge >= 0.3 is 5.97 Å². The molecule has 11 nitrogen and oxygen atoms in total. The molecule has 0 spiro atoms. The zero-order valence-corrected chi connectivity index (χ0v) is 21.4. The maximum Gasteiger partial charge on any atom is 0.343 e. The minimum atomic E-state index is -0.609. The Labute approximate surface area is 217 Å². The maximum atomic E-state index is 12.9. The van der Waals surface area contributed by atoms with Gasteiger partial charge in [0.1, 0.15) is 6.54 Å². The number of thioether (sulfide) groups is 1. The molecule has 13 heteroatoms. The Kier molecular flexibility index (Phi) is 7.70. The predicted octanol–water partition coefficient (Wildman–Crippen LogP) is 3.41. The van der Waals surface area contributed by atoms with Gasteiger partial charge in [-0.3, -0.25) is 19.3 Å². The molecular formula is C23H19BrN2O9S. The highest BCUT2D eigenvalue weighted by molar-refractivity contribution is 9.10. The molecule has 0 unspecified atom stereocenters. The molecule has 4 rings (SSSR count). The lowest BCUT2D eigenvalue weighted by Gasteiger charge is -2.13. The van der Waals surface area contributed by atoms with Crippen LogP contribution in [0.3, 0.4) is 0 Å². The minimum absolute atomic E-state index is 0.0983. The van der Waals surface area contributed by atoms with Gasteiger partial charge < -0.3 is 29.0 Å². The molecule has 2 aromatic carbocycles. The molecule has 188 valence electrons. The lowest BCUT2D eigenvalue weighted by molar-refractivity contribution is -0.143. The van der Waals surface area contributed by atoms with Gasteiger partial charge in [-0.15, -0.1) is 0 Å². The van der Waals surface area contributed by atoms with Gasteiger partial charge in [-0.2, -0.15) is 0 Å². The number of amides is 3. The van der Waals surface area contributed by atoms with Crippen LogP contribution < -0.4 is 24.3 Å². The van der Waals surface area contributed by atoms with Crippen molar-refractivity contribution >= 4 is 62.5 Å². The largest absolute Gasteiger partial charge is 0.493 e. The molecule has 36 heavy (non-hydrogen) atoms. The van der Waals surface area contributed by atoms with Gasteiger partial charge in [0.15, 0.2) is 29.6 Å². The Morgan fingerprint density at radius 3 is 2.67 bits per heavy atom. The Morgan fingerprint density at radius 2 is 1.92 bits per heavy atom. The molecule has 0 aromatic heterocycles. The zero-order chi connectivity index (χ0) is 25.8. The van der Waals surface area contributed by atoms with Crippen molar-refractivity contribution in [2.75, 3.05) is 39.5 Å². The van der Waals surface area contributed by atoms with Crippen LogP contribution in [-0.2, 0) is 19.1 Å². The SMILES string of the molecule is COC(=O)COc1cc(Br)c(/C=C2/SC(=O)N(CC(=O)Nc3ccc4c(c3)OCO4)C2=O)cc1OC. The quantitative estimate of drug-likeness (QED) is 0.367. The molecular weight excluding hydrogens is 560 g/mol. The number of carbonyl (C=O) groups is 4. The van der Waals surface area contributed by atoms with E-state index in [0.29, 0.717) is 44.7 Å². The highest BCUT2D eigenvalue weighted by atomic mass is 79.9. The first-order valence-electron chi connectivity index (χ1n) is 10.3. The van der Waals surface area contributed by atoms with Gasteiger partial charge in [-0.25, -0.2) is 4.79 Å². The normalized spacial score (nSPS) is 15.3. The number of hydrogen-bond donors (Lipinski definition) is 1. The van der Waals surface area contributed by atoms with E-state index in [4.69, 9.17) is 18.9 Å². The molecule has 0 radical (unpaired) electrons. The minimum Gasteiger partial charge on any atom is -0.493 e. The van der Waals surface area contributed by atoms with Crippen molar-refractivity contribution in [1.82, 2.24) is 4.90 Å². The standard InChI is InChI=1S/C23H19BrN2O9S/c1-31-16-5-12(14(24)8-18(16)33-10-21(28)32-2)6-19-22(29)26(23(30)36-19)9-20(27)25-13-3-4-15-17(7-13)35-11-34-15/h3-8H,9-11H2,1-2H3,(H,25,27)/b19-6+. The van der Waals surface area contributed by atoms with Crippen molar-refractivity contribution in [3.8, 4) is 23.0 Å². The molecule has 2 heterocycles. The van der Waals surface area contributed by atoms with Crippen molar-refractivity contribution < 1.29 is 42.9 Å². The van der Waals surface area contributed by atoms with Gasteiger partial charge in [-0.1, -0.05) is 15.9 Å². The van der Waals surface area contributed by atoms with E-state index in [2.05, 4.69) is 26.0 Å². The number of fused-ring (bicyclic) bond motifs is 1. The number of halogens is 1. The summed E-state index contributed by atoms with van der Waals surface area (Å²) in [5.74, 6) is -0.0842. The van der Waals surface area contributed by atoms with Gasteiger partial charge in [-0.05, 0) is 47.7 Å². The second-order valence-electron chi connectivity index (χ2n) is 7.27. The van der Waals surface area contributed by atoms with E-state index in [1.165, 1.54) is 20.3 Å². The van der Waals surface area contributed by atoms with Crippen molar-refractivity contribution in [2.24, 2.45) is 0 Å². The molecule has 1 saturated heterocycles. The van der Waals surface area contributed by atoms with Gasteiger partial charge in [0.2, 0.25) is 12.7 Å². The smallest absolute Gasteiger partial charge is 0.343 e. The molecule has 0 saturated carbocycles.